The molecule has 0 saturated heterocycles. The Morgan fingerprint density at radius 1 is 0.870 bits per heavy atom. The van der Waals surface area contributed by atoms with Crippen LogP contribution in [-0.2, 0) is 18.9 Å². The van der Waals surface area contributed by atoms with Crippen LogP contribution in [0.5, 0.6) is 0 Å². The summed E-state index contributed by atoms with van der Waals surface area (Å²) in [4.78, 5) is 0. The van der Waals surface area contributed by atoms with Crippen LogP contribution in [0.3, 0.4) is 0 Å². The molecule has 0 aromatic rings. The van der Waals surface area contributed by atoms with Crippen LogP contribution < -0.4 is 0 Å². The van der Waals surface area contributed by atoms with E-state index in [0.29, 0.717) is 0 Å². The van der Waals surface area contributed by atoms with Gasteiger partial charge in [0.1, 0.15) is 9.84 Å². The standard InChI is InChI=1S/C11H23Cl4N2O4PS/c1-23(19,20)11-10-21-22(18,16(6-2-12)7-3-13)17(8-4-14)9-5-15/h2-11H2,1H3. The Kier molecular flexibility index (Phi) is 13.2. The molecule has 0 unspecified atom stereocenters. The first-order valence-electron chi connectivity index (χ1n) is 6.92. The van der Waals surface area contributed by atoms with Crippen LogP contribution >= 0.6 is 54.1 Å². The number of rotatable bonds is 14. The predicted molar refractivity (Wildman–Crippen MR) is 99.3 cm³/mol. The molecule has 0 aromatic carbocycles. The van der Waals surface area contributed by atoms with Crippen molar-refractivity contribution in [3.05, 3.63) is 0 Å². The Morgan fingerprint density at radius 3 is 1.48 bits per heavy atom. The number of hydrogen-bond donors (Lipinski definition) is 0. The maximum Gasteiger partial charge on any atom is 0.346 e. The highest BCUT2D eigenvalue weighted by Gasteiger charge is 2.38. The summed E-state index contributed by atoms with van der Waals surface area (Å²) in [6.07, 6.45) is 1.09. The first-order valence-corrected chi connectivity index (χ1v) is 12.6. The van der Waals surface area contributed by atoms with Crippen molar-refractivity contribution < 1.29 is 17.5 Å². The van der Waals surface area contributed by atoms with Crippen molar-refractivity contribution in [2.24, 2.45) is 0 Å². The second-order valence-corrected chi connectivity index (χ2v) is 10.8. The molecule has 0 aromatic heterocycles. The van der Waals surface area contributed by atoms with Crippen molar-refractivity contribution in [2.75, 3.05) is 68.3 Å². The Bertz CT molecular complexity index is 437. The van der Waals surface area contributed by atoms with Gasteiger partial charge in [-0.1, -0.05) is 0 Å². The van der Waals surface area contributed by atoms with Crippen molar-refractivity contribution in [2.45, 2.75) is 0 Å². The molecule has 0 aliphatic carbocycles. The molecule has 0 bridgehead atoms. The van der Waals surface area contributed by atoms with Crippen LogP contribution in [0.1, 0.15) is 0 Å². The fraction of sp³-hybridized carbons (Fsp3) is 1.00. The third-order valence-electron chi connectivity index (χ3n) is 2.80. The van der Waals surface area contributed by atoms with Crippen molar-refractivity contribution >= 4 is 63.9 Å². The zero-order chi connectivity index (χ0) is 17.9. The normalized spacial score (nSPS) is 13.2. The summed E-state index contributed by atoms with van der Waals surface area (Å²) in [6, 6.07) is 0. The molecular weight excluding hydrogens is 429 g/mol. The monoisotopic (exact) mass is 450 g/mol. The number of sulfone groups is 1. The number of halogens is 4. The van der Waals surface area contributed by atoms with Gasteiger partial charge in [-0.25, -0.2) is 17.8 Å². The fourth-order valence-corrected chi connectivity index (χ4v) is 5.99. The fourth-order valence-electron chi connectivity index (χ4n) is 1.77. The molecule has 23 heavy (non-hydrogen) atoms. The average Bonchev–Trinajstić information content (AvgIpc) is 2.45. The molecular formula is C11H23Cl4N2O4PS. The smallest absolute Gasteiger partial charge is 0.305 e. The van der Waals surface area contributed by atoms with Gasteiger partial charge in [-0.2, -0.15) is 0 Å². The van der Waals surface area contributed by atoms with E-state index in [9.17, 15) is 13.0 Å². The largest absolute Gasteiger partial charge is 0.346 e. The van der Waals surface area contributed by atoms with Gasteiger partial charge in [0.25, 0.3) is 0 Å². The first-order chi connectivity index (χ1) is 10.7. The van der Waals surface area contributed by atoms with Crippen molar-refractivity contribution in [3.63, 3.8) is 0 Å². The van der Waals surface area contributed by atoms with Crippen LogP contribution in [0.2, 0.25) is 0 Å². The molecule has 0 rings (SSSR count). The average molecular weight is 452 g/mol. The van der Waals surface area contributed by atoms with Gasteiger partial charge in [0.15, 0.2) is 0 Å². The summed E-state index contributed by atoms with van der Waals surface area (Å²) in [6.45, 7) is 0.937. The second kappa shape index (κ2) is 12.6. The van der Waals surface area contributed by atoms with Crippen LogP contribution in [0.4, 0.5) is 0 Å². The van der Waals surface area contributed by atoms with Gasteiger partial charge in [0.2, 0.25) is 0 Å². The molecule has 0 amide bonds. The SMILES string of the molecule is CS(=O)(=O)CCOP(=O)(N(CCCl)CCCl)N(CCCl)CCCl. The van der Waals surface area contributed by atoms with E-state index in [1.54, 1.807) is 0 Å². The summed E-state index contributed by atoms with van der Waals surface area (Å²) in [5.41, 5.74) is 0. The minimum absolute atomic E-state index is 0.196. The van der Waals surface area contributed by atoms with E-state index in [2.05, 4.69) is 0 Å². The molecule has 12 heteroatoms. The topological polar surface area (TPSA) is 66.9 Å². The highest BCUT2D eigenvalue weighted by Crippen LogP contribution is 2.54. The summed E-state index contributed by atoms with van der Waals surface area (Å²) in [5.74, 6) is 0.678. The molecule has 6 nitrogen and oxygen atoms in total. The third kappa shape index (κ3) is 9.47. The Labute approximate surface area is 158 Å². The van der Waals surface area contributed by atoms with Gasteiger partial charge >= 0.3 is 7.67 Å². The van der Waals surface area contributed by atoms with E-state index < -0.39 is 17.5 Å². The molecule has 140 valence electrons. The summed E-state index contributed by atoms with van der Waals surface area (Å²) in [7, 11) is -6.76. The van der Waals surface area contributed by atoms with E-state index >= 15 is 0 Å². The van der Waals surface area contributed by atoms with Crippen molar-refractivity contribution in [1.82, 2.24) is 9.34 Å². The van der Waals surface area contributed by atoms with Crippen LogP contribution in [0.15, 0.2) is 0 Å². The minimum Gasteiger partial charge on any atom is -0.305 e. The maximum atomic E-state index is 13.5. The molecule has 0 radical (unpaired) electrons. The van der Waals surface area contributed by atoms with Crippen molar-refractivity contribution in [3.8, 4) is 0 Å². The Morgan fingerprint density at radius 2 is 1.22 bits per heavy atom. The van der Waals surface area contributed by atoms with Crippen LogP contribution in [-0.4, -0.2) is 86.1 Å². The highest BCUT2D eigenvalue weighted by molar-refractivity contribution is 7.90. The van der Waals surface area contributed by atoms with Gasteiger partial charge in [-0.3, -0.25) is 4.57 Å². The van der Waals surface area contributed by atoms with E-state index in [1.807, 2.05) is 0 Å². The summed E-state index contributed by atoms with van der Waals surface area (Å²) in [5, 5.41) is 0. The van der Waals surface area contributed by atoms with Gasteiger partial charge in [0, 0.05) is 56.0 Å². The molecule has 0 atom stereocenters. The minimum atomic E-state index is -3.53. The molecule has 0 aliphatic heterocycles. The van der Waals surface area contributed by atoms with E-state index in [0.717, 1.165) is 6.26 Å². The van der Waals surface area contributed by atoms with Crippen LogP contribution in [0, 0.1) is 0 Å². The van der Waals surface area contributed by atoms with Gasteiger partial charge < -0.3 is 4.52 Å². The molecule has 0 saturated carbocycles. The zero-order valence-corrected chi connectivity index (χ0v) is 17.7. The Hall–Kier alpha value is 1.22. The predicted octanol–water partition coefficient (Wildman–Crippen LogP) is 2.71. The molecule has 0 N–H and O–H groups in total. The van der Waals surface area contributed by atoms with E-state index in [4.69, 9.17) is 50.9 Å². The third-order valence-corrected chi connectivity index (χ3v) is 7.13. The Balaban J connectivity index is 5.38. The molecule has 0 fully saturated rings. The van der Waals surface area contributed by atoms with Crippen molar-refractivity contribution in [1.29, 1.82) is 0 Å². The molecule has 0 heterocycles. The first kappa shape index (κ1) is 24.2. The molecule has 0 aliphatic rings. The molecule has 0 spiro atoms. The summed E-state index contributed by atoms with van der Waals surface area (Å²) >= 11 is 23.1. The lowest BCUT2D eigenvalue weighted by Crippen LogP contribution is -2.37. The van der Waals surface area contributed by atoms with Gasteiger partial charge in [-0.15, -0.1) is 46.4 Å². The quantitative estimate of drug-likeness (QED) is 0.299. The second-order valence-electron chi connectivity index (χ2n) is 4.62. The van der Waals surface area contributed by atoms with E-state index in [1.165, 1.54) is 9.34 Å². The number of hydrogen-bond acceptors (Lipinski definition) is 4. The lowest BCUT2D eigenvalue weighted by Gasteiger charge is -2.37. The zero-order valence-electron chi connectivity index (χ0n) is 13.0. The maximum absolute atomic E-state index is 13.5. The lowest BCUT2D eigenvalue weighted by molar-refractivity contribution is 0.226. The van der Waals surface area contributed by atoms with E-state index in [-0.39, 0.29) is 62.1 Å². The van der Waals surface area contributed by atoms with Gasteiger partial charge in [0.05, 0.1) is 12.4 Å². The van der Waals surface area contributed by atoms with Gasteiger partial charge in [-0.05, 0) is 0 Å². The number of alkyl halides is 4. The number of nitrogens with zero attached hydrogens (tertiary/aromatic N) is 2. The highest BCUT2D eigenvalue weighted by atomic mass is 35.5. The lowest BCUT2D eigenvalue weighted by atomic mass is 10.6. The van der Waals surface area contributed by atoms with Crippen LogP contribution in [0.25, 0.3) is 0 Å². The summed E-state index contributed by atoms with van der Waals surface area (Å²) < 4.78 is 44.6.